The SMILES string of the molecule is O=C(C1CCOC2(CCC2)C1)C1CC2CCCCC2N1. The fourth-order valence-electron chi connectivity index (χ4n) is 5.01. The molecule has 3 heteroatoms. The first-order valence-electron chi connectivity index (χ1n) is 8.70. The van der Waals surface area contributed by atoms with Crippen molar-refractivity contribution in [2.45, 2.75) is 81.9 Å². The average molecular weight is 277 g/mol. The van der Waals surface area contributed by atoms with E-state index in [1.54, 1.807) is 0 Å². The summed E-state index contributed by atoms with van der Waals surface area (Å²) in [6, 6.07) is 0.790. The molecule has 2 aliphatic carbocycles. The van der Waals surface area contributed by atoms with Gasteiger partial charge in [0.2, 0.25) is 0 Å². The molecule has 0 radical (unpaired) electrons. The molecule has 4 aliphatic rings. The number of carbonyl (C=O) groups is 1. The van der Waals surface area contributed by atoms with E-state index in [-0.39, 0.29) is 17.6 Å². The Bertz CT molecular complexity index is 376. The molecule has 1 N–H and O–H groups in total. The average Bonchev–Trinajstić information content (AvgIpc) is 2.89. The Labute approximate surface area is 121 Å². The van der Waals surface area contributed by atoms with Gasteiger partial charge in [0.05, 0.1) is 11.6 Å². The lowest BCUT2D eigenvalue weighted by atomic mass is 9.70. The van der Waals surface area contributed by atoms with Crippen molar-refractivity contribution in [2.24, 2.45) is 11.8 Å². The minimum Gasteiger partial charge on any atom is -0.375 e. The zero-order valence-corrected chi connectivity index (χ0v) is 12.4. The summed E-state index contributed by atoms with van der Waals surface area (Å²) in [7, 11) is 0. The van der Waals surface area contributed by atoms with Gasteiger partial charge in [0.15, 0.2) is 5.78 Å². The van der Waals surface area contributed by atoms with Crippen LogP contribution in [0.15, 0.2) is 0 Å². The molecule has 2 saturated carbocycles. The standard InChI is InChI=1S/C17H27NO2/c19-16(13-6-9-20-17(11-13)7-3-8-17)15-10-12-4-1-2-5-14(12)18-15/h12-15,18H,1-11H2. The van der Waals surface area contributed by atoms with E-state index in [4.69, 9.17) is 4.74 Å². The van der Waals surface area contributed by atoms with Gasteiger partial charge in [-0.15, -0.1) is 0 Å². The Kier molecular flexibility index (Phi) is 3.38. The Morgan fingerprint density at radius 3 is 2.70 bits per heavy atom. The minimum atomic E-state index is 0.101. The lowest BCUT2D eigenvalue weighted by Gasteiger charge is -2.47. The number of hydrogen-bond acceptors (Lipinski definition) is 3. The first-order chi connectivity index (χ1) is 9.76. The van der Waals surface area contributed by atoms with Gasteiger partial charge >= 0.3 is 0 Å². The summed E-state index contributed by atoms with van der Waals surface area (Å²) in [5.41, 5.74) is 0.101. The number of ether oxygens (including phenoxy) is 1. The van der Waals surface area contributed by atoms with Crippen LogP contribution in [0.25, 0.3) is 0 Å². The van der Waals surface area contributed by atoms with Crippen molar-refractivity contribution in [3.63, 3.8) is 0 Å². The van der Waals surface area contributed by atoms with E-state index < -0.39 is 0 Å². The van der Waals surface area contributed by atoms with Gasteiger partial charge < -0.3 is 10.1 Å². The molecule has 0 aromatic heterocycles. The maximum absolute atomic E-state index is 12.9. The third-order valence-corrected chi connectivity index (χ3v) is 6.37. The van der Waals surface area contributed by atoms with Crippen LogP contribution in [-0.4, -0.2) is 30.1 Å². The molecule has 4 rings (SSSR count). The highest BCUT2D eigenvalue weighted by Crippen LogP contribution is 2.45. The van der Waals surface area contributed by atoms with Crippen LogP contribution in [0.2, 0.25) is 0 Å². The molecular formula is C17H27NO2. The molecule has 4 fully saturated rings. The first kappa shape index (κ1) is 13.3. The van der Waals surface area contributed by atoms with Gasteiger partial charge in [0.25, 0.3) is 0 Å². The molecule has 2 saturated heterocycles. The summed E-state index contributed by atoms with van der Waals surface area (Å²) < 4.78 is 5.97. The van der Waals surface area contributed by atoms with Crippen molar-refractivity contribution < 1.29 is 9.53 Å². The highest BCUT2D eigenvalue weighted by atomic mass is 16.5. The molecule has 0 amide bonds. The molecule has 2 aliphatic heterocycles. The fourth-order valence-corrected chi connectivity index (χ4v) is 5.01. The Morgan fingerprint density at radius 1 is 1.10 bits per heavy atom. The largest absolute Gasteiger partial charge is 0.375 e. The number of carbonyl (C=O) groups excluding carboxylic acids is 1. The molecule has 1 spiro atoms. The van der Waals surface area contributed by atoms with Crippen molar-refractivity contribution in [3.8, 4) is 0 Å². The number of fused-ring (bicyclic) bond motifs is 1. The van der Waals surface area contributed by atoms with Gasteiger partial charge in [-0.05, 0) is 57.3 Å². The maximum Gasteiger partial charge on any atom is 0.153 e. The van der Waals surface area contributed by atoms with E-state index in [2.05, 4.69) is 5.32 Å². The molecule has 2 heterocycles. The Balaban J connectivity index is 1.40. The van der Waals surface area contributed by atoms with E-state index in [9.17, 15) is 4.79 Å². The summed E-state index contributed by atoms with van der Waals surface area (Å²) in [4.78, 5) is 12.9. The molecule has 3 nitrogen and oxygen atoms in total. The quantitative estimate of drug-likeness (QED) is 0.843. The second-order valence-corrected chi connectivity index (χ2v) is 7.58. The summed E-state index contributed by atoms with van der Waals surface area (Å²) in [6.45, 7) is 0.802. The number of rotatable bonds is 2. The van der Waals surface area contributed by atoms with Gasteiger partial charge in [0, 0.05) is 18.6 Å². The second-order valence-electron chi connectivity index (χ2n) is 7.58. The molecule has 4 unspecified atom stereocenters. The van der Waals surface area contributed by atoms with Crippen molar-refractivity contribution in [3.05, 3.63) is 0 Å². The zero-order valence-electron chi connectivity index (χ0n) is 12.4. The van der Waals surface area contributed by atoms with Crippen molar-refractivity contribution in [1.29, 1.82) is 0 Å². The number of nitrogens with one attached hydrogen (secondary N) is 1. The summed E-state index contributed by atoms with van der Waals surface area (Å²) in [5, 5.41) is 3.66. The Hall–Kier alpha value is -0.410. The van der Waals surface area contributed by atoms with Crippen LogP contribution in [0.4, 0.5) is 0 Å². The van der Waals surface area contributed by atoms with Gasteiger partial charge in [-0.3, -0.25) is 4.79 Å². The van der Waals surface area contributed by atoms with Crippen LogP contribution in [0.5, 0.6) is 0 Å². The molecule has 0 bridgehead atoms. The Morgan fingerprint density at radius 2 is 1.95 bits per heavy atom. The molecule has 4 atom stereocenters. The first-order valence-corrected chi connectivity index (χ1v) is 8.70. The predicted octanol–water partition coefficient (Wildman–Crippen LogP) is 2.83. The molecule has 0 aromatic rings. The minimum absolute atomic E-state index is 0.101. The van der Waals surface area contributed by atoms with Gasteiger partial charge in [-0.25, -0.2) is 0 Å². The second kappa shape index (κ2) is 5.10. The van der Waals surface area contributed by atoms with Crippen molar-refractivity contribution >= 4 is 5.78 Å². The van der Waals surface area contributed by atoms with Gasteiger partial charge in [-0.1, -0.05) is 12.8 Å². The van der Waals surface area contributed by atoms with Crippen LogP contribution in [0, 0.1) is 11.8 Å². The lowest BCUT2D eigenvalue weighted by molar-refractivity contribution is -0.156. The van der Waals surface area contributed by atoms with E-state index in [1.807, 2.05) is 0 Å². The van der Waals surface area contributed by atoms with Crippen molar-refractivity contribution in [1.82, 2.24) is 5.32 Å². The smallest absolute Gasteiger partial charge is 0.153 e. The van der Waals surface area contributed by atoms with E-state index in [0.717, 1.165) is 31.8 Å². The maximum atomic E-state index is 12.9. The van der Waals surface area contributed by atoms with Gasteiger partial charge in [0.1, 0.15) is 0 Å². The monoisotopic (exact) mass is 277 g/mol. The summed E-state index contributed by atoms with van der Waals surface area (Å²) in [6.07, 6.45) is 12.0. The van der Waals surface area contributed by atoms with E-state index >= 15 is 0 Å². The predicted molar refractivity (Wildman–Crippen MR) is 77.6 cm³/mol. The van der Waals surface area contributed by atoms with E-state index in [0.29, 0.717) is 11.8 Å². The molecular weight excluding hydrogens is 250 g/mol. The summed E-state index contributed by atoms with van der Waals surface area (Å²) in [5.74, 6) is 1.55. The van der Waals surface area contributed by atoms with E-state index in [1.165, 1.54) is 44.9 Å². The number of hydrogen-bond donors (Lipinski definition) is 1. The topological polar surface area (TPSA) is 38.3 Å². The van der Waals surface area contributed by atoms with Crippen molar-refractivity contribution in [2.75, 3.05) is 6.61 Å². The lowest BCUT2D eigenvalue weighted by Crippen LogP contribution is -2.49. The highest BCUT2D eigenvalue weighted by molar-refractivity contribution is 5.87. The summed E-state index contributed by atoms with van der Waals surface area (Å²) >= 11 is 0. The number of Topliss-reactive ketones (excluding diaryl/α,β-unsaturated/α-hetero) is 1. The molecule has 0 aromatic carbocycles. The third-order valence-electron chi connectivity index (χ3n) is 6.37. The zero-order chi connectivity index (χ0) is 13.6. The van der Waals surface area contributed by atoms with Crippen LogP contribution >= 0.6 is 0 Å². The van der Waals surface area contributed by atoms with Crippen LogP contribution in [0.3, 0.4) is 0 Å². The molecule has 20 heavy (non-hydrogen) atoms. The third kappa shape index (κ3) is 2.23. The van der Waals surface area contributed by atoms with Crippen LogP contribution in [-0.2, 0) is 9.53 Å². The van der Waals surface area contributed by atoms with Gasteiger partial charge in [-0.2, -0.15) is 0 Å². The van der Waals surface area contributed by atoms with Crippen LogP contribution < -0.4 is 5.32 Å². The highest BCUT2D eigenvalue weighted by Gasteiger charge is 2.47. The normalized spacial score (nSPS) is 43.0. The number of ketones is 1. The van der Waals surface area contributed by atoms with Crippen LogP contribution in [0.1, 0.15) is 64.2 Å². The fraction of sp³-hybridized carbons (Fsp3) is 0.941. The molecule has 112 valence electrons.